The minimum absolute atomic E-state index is 0. The molecule has 0 aliphatic carbocycles. The van der Waals surface area contributed by atoms with Gasteiger partial charge in [-0.2, -0.15) is 0 Å². The molecule has 0 radical (unpaired) electrons. The van der Waals surface area contributed by atoms with E-state index in [9.17, 15) is 0 Å². The molecule has 0 aromatic carbocycles. The Hall–Kier alpha value is 0.333. The van der Waals surface area contributed by atoms with Gasteiger partial charge in [0.15, 0.2) is 0 Å². The second-order valence-corrected chi connectivity index (χ2v) is 1.22. The van der Waals surface area contributed by atoms with Gasteiger partial charge in [0, 0.05) is 10.4 Å². The molecule has 64 valence electrons. The van der Waals surface area contributed by atoms with Crippen molar-refractivity contribution in [3.8, 4) is 0 Å². The van der Waals surface area contributed by atoms with E-state index in [1.54, 1.807) is 0 Å². The third-order valence-corrected chi connectivity index (χ3v) is 0. The average molecular weight is 234 g/mol. The molecule has 0 rings (SSSR count). The summed E-state index contributed by atoms with van der Waals surface area (Å²) < 4.78 is 34.1. The summed E-state index contributed by atoms with van der Waals surface area (Å²) in [6.45, 7) is 0. The number of hydrogen-bond acceptors (Lipinski definition) is 4. The van der Waals surface area contributed by atoms with Crippen LogP contribution in [0.4, 0.5) is 0 Å². The molecule has 0 heterocycles. The Labute approximate surface area is 69.8 Å². The smallest absolute Gasteiger partial charge is 0.759 e. The molecule has 8 N–H and O–H groups in total. The molecular weight excluding hydrogens is 225 g/mol. The molecule has 0 amide bonds. The van der Waals surface area contributed by atoms with Crippen LogP contribution in [-0.2, 0) is 29.9 Å². The Kier molecular flexibility index (Phi) is 77.5. The van der Waals surface area contributed by atoms with Crippen molar-refractivity contribution >= 4 is 10.4 Å². The fourth-order valence-corrected chi connectivity index (χ4v) is 0. The van der Waals surface area contributed by atoms with Crippen LogP contribution in [0.15, 0.2) is 0 Å². The summed E-state index contributed by atoms with van der Waals surface area (Å²) in [5.74, 6) is 0. The largest absolute Gasteiger partial charge is 2.00 e. The zero-order chi connectivity index (χ0) is 4.50. The van der Waals surface area contributed by atoms with Gasteiger partial charge in [-0.3, -0.25) is 8.42 Å². The Morgan fingerprint density at radius 1 is 0.800 bits per heavy atom. The first-order valence-corrected chi connectivity index (χ1v) is 2.00. The van der Waals surface area contributed by atoms with Crippen molar-refractivity contribution in [1.82, 2.24) is 0 Å². The van der Waals surface area contributed by atoms with E-state index >= 15 is 0 Å². The van der Waals surface area contributed by atoms with Gasteiger partial charge in [-0.05, 0) is 0 Å². The van der Waals surface area contributed by atoms with E-state index in [-0.39, 0.29) is 41.4 Å². The molecule has 8 nitrogen and oxygen atoms in total. The molecule has 0 saturated heterocycles. The van der Waals surface area contributed by atoms with Crippen molar-refractivity contribution in [2.24, 2.45) is 0 Å². The van der Waals surface area contributed by atoms with Gasteiger partial charge in [0.25, 0.3) is 0 Å². The summed E-state index contributed by atoms with van der Waals surface area (Å²) in [4.78, 5) is 0. The number of rotatable bonds is 0. The summed E-state index contributed by atoms with van der Waals surface area (Å²) in [5.41, 5.74) is 0. The molecule has 0 saturated carbocycles. The molecule has 0 aromatic rings. The van der Waals surface area contributed by atoms with Gasteiger partial charge in [0.1, 0.15) is 0 Å². The molecule has 0 unspecified atom stereocenters. The maximum atomic E-state index is 8.52. The van der Waals surface area contributed by atoms with Gasteiger partial charge >= 0.3 is 19.5 Å². The Balaban J connectivity index is -0.00000000800. The van der Waals surface area contributed by atoms with E-state index < -0.39 is 10.4 Å². The second-order valence-electron chi connectivity index (χ2n) is 0.408. The van der Waals surface area contributed by atoms with Crippen LogP contribution in [0.2, 0.25) is 0 Å². The molecule has 0 aliphatic rings. The van der Waals surface area contributed by atoms with E-state index in [1.165, 1.54) is 0 Å². The predicted molar refractivity (Wildman–Crippen MR) is 24.9 cm³/mol. The van der Waals surface area contributed by atoms with E-state index in [4.69, 9.17) is 17.5 Å². The van der Waals surface area contributed by atoms with Crippen LogP contribution in [0.3, 0.4) is 0 Å². The zero-order valence-corrected chi connectivity index (χ0v) is 8.53. The Morgan fingerprint density at radius 3 is 0.800 bits per heavy atom. The van der Waals surface area contributed by atoms with Gasteiger partial charge < -0.3 is 31.0 Å². The maximum Gasteiger partial charge on any atom is 2.00 e. The van der Waals surface area contributed by atoms with Crippen molar-refractivity contribution in [3.05, 3.63) is 0 Å². The van der Waals surface area contributed by atoms with Gasteiger partial charge in [-0.15, -0.1) is 0 Å². The molecule has 10 heavy (non-hydrogen) atoms. The molecule has 0 spiro atoms. The van der Waals surface area contributed by atoms with Crippen LogP contribution < -0.4 is 0 Å². The third kappa shape index (κ3) is 4030. The van der Waals surface area contributed by atoms with Crippen molar-refractivity contribution in [3.63, 3.8) is 0 Å². The Bertz CT molecular complexity index is 92.4. The van der Waals surface area contributed by atoms with Gasteiger partial charge in [-0.1, -0.05) is 0 Å². The molecule has 0 aliphatic heterocycles. The van der Waals surface area contributed by atoms with Crippen LogP contribution in [0.25, 0.3) is 0 Å². The summed E-state index contributed by atoms with van der Waals surface area (Å²) in [7, 11) is -5.17. The first-order chi connectivity index (χ1) is 2.00. The van der Waals surface area contributed by atoms with E-state index in [1.807, 2.05) is 0 Å². The molecule has 0 atom stereocenters. The summed E-state index contributed by atoms with van der Waals surface area (Å²) >= 11 is 0. The predicted octanol–water partition coefficient (Wildman–Crippen LogP) is -4.64. The molecular formula is H8O8SZn. The molecule has 0 fully saturated rings. The van der Waals surface area contributed by atoms with Gasteiger partial charge in [0.2, 0.25) is 0 Å². The monoisotopic (exact) mass is 232 g/mol. The van der Waals surface area contributed by atoms with Crippen molar-refractivity contribution in [2.75, 3.05) is 0 Å². The van der Waals surface area contributed by atoms with Gasteiger partial charge in [-0.25, -0.2) is 0 Å². The summed E-state index contributed by atoms with van der Waals surface area (Å²) in [5, 5.41) is 0. The fraction of sp³-hybridized carbons (Fsp3) is 0. The van der Waals surface area contributed by atoms with Gasteiger partial charge in [0.05, 0.1) is 0 Å². The van der Waals surface area contributed by atoms with Crippen molar-refractivity contribution < 1.29 is 58.9 Å². The van der Waals surface area contributed by atoms with Crippen molar-refractivity contribution in [1.29, 1.82) is 0 Å². The molecule has 0 aromatic heterocycles. The normalized spacial score (nSPS) is 5.80. The minimum atomic E-state index is -5.17. The molecule has 10 heteroatoms. The van der Waals surface area contributed by atoms with E-state index in [2.05, 4.69) is 0 Å². The van der Waals surface area contributed by atoms with Crippen LogP contribution in [0.5, 0.6) is 0 Å². The average Bonchev–Trinajstić information content (AvgIpc) is 0.722. The van der Waals surface area contributed by atoms with Crippen molar-refractivity contribution in [2.45, 2.75) is 0 Å². The Morgan fingerprint density at radius 2 is 0.800 bits per heavy atom. The second kappa shape index (κ2) is 16.2. The van der Waals surface area contributed by atoms with Crippen LogP contribution in [0, 0.1) is 0 Å². The topological polar surface area (TPSA) is 206 Å². The first-order valence-electron chi connectivity index (χ1n) is 0.667. The standard InChI is InChI=1S/H2O4S.4H2O.Zn/c1-5(2,3)4;;;;;/h(H2,1,2,3,4);4*1H2;/q;;;;;+2/p-2. The SMILES string of the molecule is O.O.O.O.O=S(=O)([O-])[O-].[Zn+2]. The zero-order valence-electron chi connectivity index (χ0n) is 4.75. The minimum Gasteiger partial charge on any atom is -0.759 e. The maximum absolute atomic E-state index is 8.52. The fourth-order valence-electron chi connectivity index (χ4n) is 0. The van der Waals surface area contributed by atoms with Crippen LogP contribution >= 0.6 is 0 Å². The summed E-state index contributed by atoms with van der Waals surface area (Å²) in [6.07, 6.45) is 0. The quantitative estimate of drug-likeness (QED) is 0.229. The van der Waals surface area contributed by atoms with Crippen LogP contribution in [0.1, 0.15) is 0 Å². The third-order valence-electron chi connectivity index (χ3n) is 0. The number of hydrogen-bond donors (Lipinski definition) is 0. The first kappa shape index (κ1) is 47.9. The summed E-state index contributed by atoms with van der Waals surface area (Å²) in [6, 6.07) is 0. The van der Waals surface area contributed by atoms with E-state index in [0.29, 0.717) is 0 Å². The van der Waals surface area contributed by atoms with E-state index in [0.717, 1.165) is 0 Å². The van der Waals surface area contributed by atoms with Crippen LogP contribution in [-0.4, -0.2) is 39.4 Å². The molecule has 0 bridgehead atoms.